The molecule has 0 bridgehead atoms. The maximum Gasteiger partial charge on any atom is 0.343 e. The number of carbonyl (C=O) groups excluding carboxylic acids is 2. The second-order valence-electron chi connectivity index (χ2n) is 8.50. The minimum absolute atomic E-state index is 0.0613. The van der Waals surface area contributed by atoms with Crippen molar-refractivity contribution in [2.45, 2.75) is 38.1 Å². The molecule has 0 fully saturated rings. The van der Waals surface area contributed by atoms with Crippen molar-refractivity contribution in [3.8, 4) is 11.4 Å². The zero-order valence-corrected chi connectivity index (χ0v) is 19.7. The molecule has 2 aliphatic rings. The number of hydrogen-bond donors (Lipinski definition) is 4. The number of aliphatic hydroxyl groups is 1. The van der Waals surface area contributed by atoms with Crippen LogP contribution in [0.1, 0.15) is 35.6 Å². The zero-order valence-electron chi connectivity index (χ0n) is 18.8. The van der Waals surface area contributed by atoms with Crippen LogP contribution in [0.3, 0.4) is 0 Å². The largest absolute Gasteiger partial charge is 0.458 e. The van der Waals surface area contributed by atoms with Gasteiger partial charge in [0.05, 0.1) is 41.3 Å². The first kappa shape index (κ1) is 23.2. The van der Waals surface area contributed by atoms with Gasteiger partial charge in [-0.3, -0.25) is 9.59 Å². The van der Waals surface area contributed by atoms with Gasteiger partial charge in [-0.05, 0) is 18.6 Å². The molecule has 4 heterocycles. The Hall–Kier alpha value is -3.54. The van der Waals surface area contributed by atoms with E-state index < -0.39 is 23.5 Å². The van der Waals surface area contributed by atoms with Crippen LogP contribution in [0.4, 0.5) is 0 Å². The maximum absolute atomic E-state index is 13.4. The number of fused-ring (bicyclic) bond motifs is 5. The summed E-state index contributed by atoms with van der Waals surface area (Å²) in [6, 6.07) is 8.28. The minimum atomic E-state index is -1.90. The molecular weight excluding hydrogens is 470 g/mol. The quantitative estimate of drug-likeness (QED) is 0.139. The topological polar surface area (TPSA) is 149 Å². The van der Waals surface area contributed by atoms with Crippen LogP contribution >= 0.6 is 12.6 Å². The maximum atomic E-state index is 13.4. The van der Waals surface area contributed by atoms with E-state index in [2.05, 4.69) is 23.2 Å². The van der Waals surface area contributed by atoms with Gasteiger partial charge in [-0.1, -0.05) is 25.1 Å². The van der Waals surface area contributed by atoms with Crippen molar-refractivity contribution in [1.29, 1.82) is 0 Å². The molecule has 4 N–H and O–H groups in total. The Morgan fingerprint density at radius 1 is 1.40 bits per heavy atom. The van der Waals surface area contributed by atoms with Gasteiger partial charge < -0.3 is 20.1 Å². The second kappa shape index (κ2) is 8.59. The van der Waals surface area contributed by atoms with Gasteiger partial charge in [0.2, 0.25) is 0 Å². The number of para-hydroxylation sites is 1. The molecule has 2 aliphatic heterocycles. The van der Waals surface area contributed by atoms with E-state index in [-0.39, 0.29) is 42.0 Å². The molecule has 11 heteroatoms. The molecule has 1 unspecified atom stereocenters. The smallest absolute Gasteiger partial charge is 0.343 e. The SMILES string of the molecule is CC[C@@]1(O)C(=O)OCc2c1cc1n(c2=O)Cc2c-1nc1ccccc1c2C=NNC(=O)C(N)CS. The summed E-state index contributed by atoms with van der Waals surface area (Å²) < 4.78 is 6.68. The molecule has 5 rings (SSSR count). The van der Waals surface area contributed by atoms with E-state index in [1.807, 2.05) is 24.3 Å². The number of carbonyl (C=O) groups is 2. The lowest BCUT2D eigenvalue weighted by molar-refractivity contribution is -0.172. The Bertz CT molecular complexity index is 1480. The van der Waals surface area contributed by atoms with Gasteiger partial charge in [-0.25, -0.2) is 15.2 Å². The number of hydrazone groups is 1. The van der Waals surface area contributed by atoms with E-state index in [1.54, 1.807) is 17.6 Å². The third-order valence-electron chi connectivity index (χ3n) is 6.54. The lowest BCUT2D eigenvalue weighted by Crippen LogP contribution is -2.44. The van der Waals surface area contributed by atoms with Crippen LogP contribution in [0, 0.1) is 0 Å². The number of amides is 1. The average Bonchev–Trinajstić information content (AvgIpc) is 3.24. The third-order valence-corrected chi connectivity index (χ3v) is 6.93. The van der Waals surface area contributed by atoms with E-state index in [0.29, 0.717) is 22.5 Å². The Kier molecular flexibility index (Phi) is 5.70. The lowest BCUT2D eigenvalue weighted by Gasteiger charge is -2.31. The van der Waals surface area contributed by atoms with Crippen molar-refractivity contribution in [2.75, 3.05) is 5.75 Å². The number of aromatic nitrogens is 2. The molecule has 35 heavy (non-hydrogen) atoms. The van der Waals surface area contributed by atoms with E-state index in [0.717, 1.165) is 10.9 Å². The molecule has 2 aromatic heterocycles. The van der Waals surface area contributed by atoms with E-state index in [4.69, 9.17) is 15.5 Å². The monoisotopic (exact) mass is 493 g/mol. The van der Waals surface area contributed by atoms with E-state index >= 15 is 0 Å². The van der Waals surface area contributed by atoms with Crippen LogP contribution in [-0.2, 0) is 33.1 Å². The minimum Gasteiger partial charge on any atom is -0.458 e. The summed E-state index contributed by atoms with van der Waals surface area (Å²) in [6.45, 7) is 1.66. The fourth-order valence-corrected chi connectivity index (χ4v) is 4.70. The van der Waals surface area contributed by atoms with Crippen LogP contribution in [-0.4, -0.2) is 44.5 Å². The number of rotatable bonds is 5. The molecule has 180 valence electrons. The fraction of sp³-hybridized carbons (Fsp3) is 0.292. The molecule has 10 nitrogen and oxygen atoms in total. The van der Waals surface area contributed by atoms with Crippen molar-refractivity contribution in [3.05, 3.63) is 62.9 Å². The first-order chi connectivity index (χ1) is 16.8. The predicted octanol–water partition coefficient (Wildman–Crippen LogP) is 0.787. The summed E-state index contributed by atoms with van der Waals surface area (Å²) in [6.07, 6.45) is 1.57. The molecule has 2 atom stereocenters. The van der Waals surface area contributed by atoms with Gasteiger partial charge in [0.1, 0.15) is 6.61 Å². The summed E-state index contributed by atoms with van der Waals surface area (Å²) >= 11 is 4.02. The number of nitrogens with two attached hydrogens (primary N) is 1. The summed E-state index contributed by atoms with van der Waals surface area (Å²) in [5.41, 5.74) is 9.46. The highest BCUT2D eigenvalue weighted by atomic mass is 32.1. The Morgan fingerprint density at radius 3 is 2.91 bits per heavy atom. The predicted molar refractivity (Wildman–Crippen MR) is 132 cm³/mol. The van der Waals surface area contributed by atoms with Gasteiger partial charge >= 0.3 is 5.97 Å². The number of nitrogens with zero attached hydrogens (tertiary/aromatic N) is 3. The van der Waals surface area contributed by atoms with Crippen molar-refractivity contribution < 1.29 is 19.4 Å². The number of benzene rings is 1. The highest BCUT2D eigenvalue weighted by Gasteiger charge is 2.45. The third kappa shape index (κ3) is 3.54. The van der Waals surface area contributed by atoms with Crippen LogP contribution in [0.15, 0.2) is 40.2 Å². The molecule has 0 saturated carbocycles. The number of esters is 1. The number of nitrogens with one attached hydrogen (secondary N) is 1. The van der Waals surface area contributed by atoms with Crippen LogP contribution in [0.2, 0.25) is 0 Å². The molecule has 0 radical (unpaired) electrons. The fourth-order valence-electron chi connectivity index (χ4n) is 4.53. The molecule has 1 amide bonds. The molecule has 3 aromatic rings. The summed E-state index contributed by atoms with van der Waals surface area (Å²) in [4.78, 5) is 42.6. The Balaban J connectivity index is 1.69. The van der Waals surface area contributed by atoms with Gasteiger partial charge in [-0.2, -0.15) is 17.7 Å². The first-order valence-electron chi connectivity index (χ1n) is 11.1. The summed E-state index contributed by atoms with van der Waals surface area (Å²) in [5, 5.41) is 15.9. The lowest BCUT2D eigenvalue weighted by atomic mass is 9.86. The normalized spacial score (nSPS) is 19.3. The number of hydrogen-bond acceptors (Lipinski definition) is 9. The number of ether oxygens (including phenoxy) is 1. The molecule has 0 aliphatic carbocycles. The molecule has 0 saturated heterocycles. The van der Waals surface area contributed by atoms with Gasteiger partial charge in [0, 0.05) is 27.8 Å². The number of cyclic esters (lactones) is 1. The highest BCUT2D eigenvalue weighted by molar-refractivity contribution is 7.80. The van der Waals surface area contributed by atoms with E-state index in [9.17, 15) is 19.5 Å². The zero-order chi connectivity index (χ0) is 24.9. The number of thiol groups is 1. The van der Waals surface area contributed by atoms with Crippen LogP contribution < -0.4 is 16.7 Å². The molecule has 0 spiro atoms. The Morgan fingerprint density at radius 2 is 2.17 bits per heavy atom. The van der Waals surface area contributed by atoms with Crippen molar-refractivity contribution in [2.24, 2.45) is 10.8 Å². The van der Waals surface area contributed by atoms with Gasteiger partial charge in [-0.15, -0.1) is 0 Å². The molecule has 1 aromatic carbocycles. The van der Waals surface area contributed by atoms with Gasteiger partial charge in [0.15, 0.2) is 5.60 Å². The Labute approximate surface area is 205 Å². The van der Waals surface area contributed by atoms with Crippen LogP contribution in [0.25, 0.3) is 22.3 Å². The number of pyridine rings is 2. The summed E-state index contributed by atoms with van der Waals surface area (Å²) in [7, 11) is 0. The first-order valence-corrected chi connectivity index (χ1v) is 11.7. The summed E-state index contributed by atoms with van der Waals surface area (Å²) in [5.74, 6) is -1.07. The van der Waals surface area contributed by atoms with E-state index in [1.165, 1.54) is 6.21 Å². The van der Waals surface area contributed by atoms with Crippen molar-refractivity contribution in [1.82, 2.24) is 15.0 Å². The average molecular weight is 494 g/mol. The molecular formula is C24H23N5O5S. The van der Waals surface area contributed by atoms with Gasteiger partial charge in [0.25, 0.3) is 11.5 Å². The second-order valence-corrected chi connectivity index (χ2v) is 8.86. The van der Waals surface area contributed by atoms with Crippen LogP contribution in [0.5, 0.6) is 0 Å². The van der Waals surface area contributed by atoms with Crippen molar-refractivity contribution in [3.63, 3.8) is 0 Å². The van der Waals surface area contributed by atoms with Crippen molar-refractivity contribution >= 4 is 41.6 Å². The standard InChI is InChI=1S/C24H23N5O5S/c1-2-24(33)16-7-19-20-14(9-29(19)22(31)15(16)10-34-23(24)32)13(8-26-28-21(30)17(25)11-35)12-5-3-4-6-18(12)27-20/h3-8,17,33,35H,2,9-11,25H2,1H3,(H,28,30)/t17?,24-/m0/s1. The highest BCUT2D eigenvalue weighted by Crippen LogP contribution is 2.39.